The molecule has 5 heteroatoms. The van der Waals surface area contributed by atoms with Gasteiger partial charge in [0.1, 0.15) is 0 Å². The predicted molar refractivity (Wildman–Crippen MR) is 77.4 cm³/mol. The number of pyridine rings is 1. The van der Waals surface area contributed by atoms with Crippen LogP contribution >= 0.6 is 15.9 Å². The maximum atomic E-state index is 11.3. The van der Waals surface area contributed by atoms with E-state index in [1.165, 1.54) is 0 Å². The topological polar surface area (TPSA) is 62.2 Å². The zero-order valence-electron chi connectivity index (χ0n) is 10.3. The molecule has 2 N–H and O–H groups in total. The third-order valence-electron chi connectivity index (χ3n) is 2.81. The summed E-state index contributed by atoms with van der Waals surface area (Å²) in [5, 5.41) is 12.5. The summed E-state index contributed by atoms with van der Waals surface area (Å²) in [4.78, 5) is 15.2. The molecule has 0 amide bonds. The summed E-state index contributed by atoms with van der Waals surface area (Å²) in [6.45, 7) is 1.97. The van der Waals surface area contributed by atoms with Gasteiger partial charge in [-0.1, -0.05) is 6.07 Å². The minimum absolute atomic E-state index is 0.00426. The number of rotatable bonds is 4. The molecule has 0 saturated heterocycles. The van der Waals surface area contributed by atoms with Gasteiger partial charge in [-0.15, -0.1) is 0 Å². The Labute approximate surface area is 119 Å². The number of halogens is 1. The average molecular weight is 321 g/mol. The van der Waals surface area contributed by atoms with Gasteiger partial charge in [0.2, 0.25) is 0 Å². The van der Waals surface area contributed by atoms with E-state index in [2.05, 4.69) is 26.2 Å². The average Bonchev–Trinajstić information content (AvgIpc) is 2.39. The highest BCUT2D eigenvalue weighted by Crippen LogP contribution is 2.27. The standard InChI is InChI=1S/C14H13BrN2O2/c1-9(10-5-7-16-8-6-10)17-12-4-2-3-11(15)13(12)14(18)19/h2-9,17H,1H3,(H,18,19). The molecule has 0 radical (unpaired) electrons. The van der Waals surface area contributed by atoms with Crippen LogP contribution < -0.4 is 5.32 Å². The fraction of sp³-hybridized carbons (Fsp3) is 0.143. The van der Waals surface area contributed by atoms with E-state index < -0.39 is 5.97 Å². The SMILES string of the molecule is CC(Nc1cccc(Br)c1C(=O)O)c1ccncc1. The molecule has 0 saturated carbocycles. The van der Waals surface area contributed by atoms with Gasteiger partial charge in [-0.3, -0.25) is 4.98 Å². The molecule has 1 heterocycles. The van der Waals surface area contributed by atoms with Crippen molar-refractivity contribution in [1.29, 1.82) is 0 Å². The lowest BCUT2D eigenvalue weighted by molar-refractivity contribution is 0.0697. The van der Waals surface area contributed by atoms with Gasteiger partial charge in [0, 0.05) is 22.9 Å². The van der Waals surface area contributed by atoms with Crippen molar-refractivity contribution in [3.63, 3.8) is 0 Å². The molecule has 0 aliphatic heterocycles. The summed E-state index contributed by atoms with van der Waals surface area (Å²) >= 11 is 3.26. The van der Waals surface area contributed by atoms with Crippen molar-refractivity contribution in [3.05, 3.63) is 58.3 Å². The Balaban J connectivity index is 2.29. The summed E-state index contributed by atoms with van der Waals surface area (Å²) in [6.07, 6.45) is 3.43. The van der Waals surface area contributed by atoms with E-state index in [1.54, 1.807) is 30.6 Å². The highest BCUT2D eigenvalue weighted by molar-refractivity contribution is 9.10. The zero-order chi connectivity index (χ0) is 13.8. The Morgan fingerprint density at radius 1 is 1.32 bits per heavy atom. The molecule has 19 heavy (non-hydrogen) atoms. The van der Waals surface area contributed by atoms with Gasteiger partial charge < -0.3 is 10.4 Å². The Hall–Kier alpha value is -1.88. The van der Waals surface area contributed by atoms with Crippen molar-refractivity contribution in [2.45, 2.75) is 13.0 Å². The normalized spacial score (nSPS) is 11.9. The molecule has 1 aromatic heterocycles. The number of hydrogen-bond acceptors (Lipinski definition) is 3. The summed E-state index contributed by atoms with van der Waals surface area (Å²) in [5.41, 5.74) is 1.88. The molecular formula is C14H13BrN2O2. The molecule has 4 nitrogen and oxygen atoms in total. The maximum absolute atomic E-state index is 11.3. The van der Waals surface area contributed by atoms with Crippen LogP contribution in [0, 0.1) is 0 Å². The Morgan fingerprint density at radius 2 is 2.00 bits per heavy atom. The number of aromatic nitrogens is 1. The Bertz CT molecular complexity index is 587. The summed E-state index contributed by atoms with van der Waals surface area (Å²) in [6, 6.07) is 9.07. The fourth-order valence-corrected chi connectivity index (χ4v) is 2.37. The van der Waals surface area contributed by atoms with Crippen LogP contribution in [0.5, 0.6) is 0 Å². The van der Waals surface area contributed by atoms with E-state index in [0.717, 1.165) is 5.56 Å². The monoisotopic (exact) mass is 320 g/mol. The summed E-state index contributed by atoms with van der Waals surface area (Å²) < 4.78 is 0.562. The van der Waals surface area contributed by atoms with Crippen LogP contribution in [0.25, 0.3) is 0 Å². The van der Waals surface area contributed by atoms with Crippen LogP contribution in [0.4, 0.5) is 5.69 Å². The number of benzene rings is 1. The fourth-order valence-electron chi connectivity index (χ4n) is 1.83. The molecule has 2 aromatic rings. The number of nitrogens with zero attached hydrogens (tertiary/aromatic N) is 1. The van der Waals surface area contributed by atoms with Crippen molar-refractivity contribution in [3.8, 4) is 0 Å². The third-order valence-corrected chi connectivity index (χ3v) is 3.47. The molecule has 0 fully saturated rings. The molecule has 0 aliphatic carbocycles. The first-order valence-corrected chi connectivity index (χ1v) is 6.57. The lowest BCUT2D eigenvalue weighted by Crippen LogP contribution is -2.11. The van der Waals surface area contributed by atoms with Crippen LogP contribution in [-0.4, -0.2) is 16.1 Å². The molecule has 0 aliphatic rings. The van der Waals surface area contributed by atoms with Crippen molar-refractivity contribution < 1.29 is 9.90 Å². The second-order valence-corrected chi connectivity index (χ2v) is 4.97. The molecule has 1 atom stereocenters. The molecule has 0 spiro atoms. The highest BCUT2D eigenvalue weighted by atomic mass is 79.9. The van der Waals surface area contributed by atoms with E-state index in [0.29, 0.717) is 10.2 Å². The van der Waals surface area contributed by atoms with Gasteiger partial charge in [0.15, 0.2) is 0 Å². The van der Waals surface area contributed by atoms with E-state index in [9.17, 15) is 9.90 Å². The lowest BCUT2D eigenvalue weighted by atomic mass is 10.1. The number of hydrogen-bond donors (Lipinski definition) is 2. The van der Waals surface area contributed by atoms with Gasteiger partial charge in [-0.2, -0.15) is 0 Å². The first kappa shape index (κ1) is 13.5. The number of anilines is 1. The first-order valence-electron chi connectivity index (χ1n) is 5.78. The van der Waals surface area contributed by atoms with E-state index >= 15 is 0 Å². The van der Waals surface area contributed by atoms with Crippen molar-refractivity contribution in [2.24, 2.45) is 0 Å². The maximum Gasteiger partial charge on any atom is 0.338 e. The second-order valence-electron chi connectivity index (χ2n) is 4.11. The Morgan fingerprint density at radius 3 is 2.63 bits per heavy atom. The van der Waals surface area contributed by atoms with Crippen LogP contribution in [0.15, 0.2) is 47.2 Å². The number of carboxylic acids is 1. The van der Waals surface area contributed by atoms with Crippen molar-refractivity contribution >= 4 is 27.6 Å². The van der Waals surface area contributed by atoms with Gasteiger partial charge in [0.25, 0.3) is 0 Å². The minimum Gasteiger partial charge on any atom is -0.478 e. The van der Waals surface area contributed by atoms with E-state index in [1.807, 2.05) is 19.1 Å². The van der Waals surface area contributed by atoms with Crippen LogP contribution in [0.1, 0.15) is 28.9 Å². The van der Waals surface area contributed by atoms with Gasteiger partial charge in [-0.25, -0.2) is 4.79 Å². The number of aromatic carboxylic acids is 1. The highest BCUT2D eigenvalue weighted by Gasteiger charge is 2.15. The van der Waals surface area contributed by atoms with Crippen LogP contribution in [-0.2, 0) is 0 Å². The quantitative estimate of drug-likeness (QED) is 0.901. The predicted octanol–water partition coefficient (Wildman–Crippen LogP) is 3.72. The molecule has 0 bridgehead atoms. The lowest BCUT2D eigenvalue weighted by Gasteiger charge is -2.17. The zero-order valence-corrected chi connectivity index (χ0v) is 11.9. The number of carbonyl (C=O) groups is 1. The van der Waals surface area contributed by atoms with Crippen LogP contribution in [0.3, 0.4) is 0 Å². The van der Waals surface area contributed by atoms with Gasteiger partial charge in [0.05, 0.1) is 11.3 Å². The molecule has 2 rings (SSSR count). The van der Waals surface area contributed by atoms with E-state index in [4.69, 9.17) is 0 Å². The van der Waals surface area contributed by atoms with Crippen molar-refractivity contribution in [2.75, 3.05) is 5.32 Å². The molecule has 1 aromatic carbocycles. The van der Waals surface area contributed by atoms with Crippen molar-refractivity contribution in [1.82, 2.24) is 4.98 Å². The summed E-state index contributed by atoms with van der Waals surface area (Å²) in [7, 11) is 0. The second kappa shape index (κ2) is 5.84. The number of nitrogens with one attached hydrogen (secondary N) is 1. The molecular weight excluding hydrogens is 308 g/mol. The smallest absolute Gasteiger partial charge is 0.338 e. The van der Waals surface area contributed by atoms with Crippen LogP contribution in [0.2, 0.25) is 0 Å². The van der Waals surface area contributed by atoms with Gasteiger partial charge >= 0.3 is 5.97 Å². The third kappa shape index (κ3) is 3.12. The minimum atomic E-state index is -0.961. The van der Waals surface area contributed by atoms with Gasteiger partial charge in [-0.05, 0) is 52.7 Å². The Kier molecular flexibility index (Phi) is 4.16. The molecule has 1 unspecified atom stereocenters. The first-order chi connectivity index (χ1) is 9.09. The molecule has 98 valence electrons. The van der Waals surface area contributed by atoms with E-state index in [-0.39, 0.29) is 11.6 Å². The largest absolute Gasteiger partial charge is 0.478 e. The number of carboxylic acid groups (broad SMARTS) is 1. The summed E-state index contributed by atoms with van der Waals surface area (Å²) in [5.74, 6) is -0.961.